The molecule has 2 aromatic rings. The molecule has 0 aromatic heterocycles. The lowest BCUT2D eigenvalue weighted by atomic mass is 10.1. The minimum Gasteiger partial charge on any atom is -0.504 e. The number of ketones is 2. The number of aliphatic hydroxyl groups is 1. The van der Waals surface area contributed by atoms with Crippen LogP contribution in [0.3, 0.4) is 0 Å². The van der Waals surface area contributed by atoms with Crippen molar-refractivity contribution in [1.82, 2.24) is 4.90 Å². The third kappa shape index (κ3) is 7.44. The zero-order chi connectivity index (χ0) is 26.1. The fourth-order valence-electron chi connectivity index (χ4n) is 3.55. The summed E-state index contributed by atoms with van der Waals surface area (Å²) in [5.74, 6) is 0.0797. The van der Waals surface area contributed by atoms with Gasteiger partial charge in [-0.3, -0.25) is 9.59 Å². The molecule has 0 spiro atoms. The first kappa shape index (κ1) is 26.5. The van der Waals surface area contributed by atoms with Gasteiger partial charge in [-0.05, 0) is 60.4 Å². The average Bonchev–Trinajstić information content (AvgIpc) is 2.87. The first-order valence-corrected chi connectivity index (χ1v) is 11.4. The van der Waals surface area contributed by atoms with E-state index in [4.69, 9.17) is 14.2 Å². The van der Waals surface area contributed by atoms with Crippen molar-refractivity contribution >= 4 is 29.8 Å². The highest BCUT2D eigenvalue weighted by Gasteiger charge is 2.23. The number of phenols is 1. The van der Waals surface area contributed by atoms with E-state index >= 15 is 0 Å². The minimum atomic E-state index is -0.518. The molecule has 36 heavy (non-hydrogen) atoms. The number of amides is 1. The highest BCUT2D eigenvalue weighted by atomic mass is 16.6. The van der Waals surface area contributed by atoms with Gasteiger partial charge in [-0.2, -0.15) is 0 Å². The number of aliphatic hydroxyl groups excluding tert-OH is 1. The van der Waals surface area contributed by atoms with E-state index < -0.39 is 12.2 Å². The highest BCUT2D eigenvalue weighted by Crippen LogP contribution is 2.30. The Hall–Kier alpha value is -4.11. The van der Waals surface area contributed by atoms with E-state index in [-0.39, 0.29) is 35.2 Å². The van der Waals surface area contributed by atoms with Crippen molar-refractivity contribution in [3.05, 3.63) is 59.7 Å². The van der Waals surface area contributed by atoms with Crippen molar-refractivity contribution in [2.24, 2.45) is 0 Å². The number of nitrogens with zero attached hydrogens (tertiary/aromatic N) is 1. The molecule has 2 N–H and O–H groups in total. The molecule has 0 aliphatic carbocycles. The van der Waals surface area contributed by atoms with Gasteiger partial charge >= 0.3 is 6.09 Å². The third-order valence-corrected chi connectivity index (χ3v) is 5.58. The van der Waals surface area contributed by atoms with Gasteiger partial charge in [0.15, 0.2) is 34.6 Å². The van der Waals surface area contributed by atoms with E-state index in [2.05, 4.69) is 0 Å². The molecule has 0 atom stereocenters. The Kier molecular flexibility index (Phi) is 9.24. The van der Waals surface area contributed by atoms with Gasteiger partial charge in [-0.1, -0.05) is 24.3 Å². The number of likely N-dealkylation sites (tertiary alicyclic amines) is 1. The van der Waals surface area contributed by atoms with E-state index in [1.807, 2.05) is 0 Å². The maximum Gasteiger partial charge on any atom is 0.415 e. The standard InChI is InChI=1S/C27H29NO8/c1-34-25-15-18(5-9-23(25)32)3-7-21(30)17-22(31)8-4-19-6-10-24(26(16-19)35-2)36-27(33)28-13-11-20(29)12-14-28/h3-10,15-16,20,29,32H,11-14,17H2,1-2H3. The van der Waals surface area contributed by atoms with Crippen molar-refractivity contribution < 1.29 is 38.8 Å². The lowest BCUT2D eigenvalue weighted by molar-refractivity contribution is -0.121. The van der Waals surface area contributed by atoms with Crippen LogP contribution >= 0.6 is 0 Å². The third-order valence-electron chi connectivity index (χ3n) is 5.58. The van der Waals surface area contributed by atoms with E-state index in [9.17, 15) is 24.6 Å². The summed E-state index contributed by atoms with van der Waals surface area (Å²) in [6.07, 6.45) is 5.48. The van der Waals surface area contributed by atoms with Crippen LogP contribution in [0.1, 0.15) is 30.4 Å². The fraction of sp³-hybridized carbons (Fsp3) is 0.296. The van der Waals surface area contributed by atoms with Gasteiger partial charge in [0, 0.05) is 13.1 Å². The van der Waals surface area contributed by atoms with Crippen molar-refractivity contribution in [3.63, 3.8) is 0 Å². The Morgan fingerprint density at radius 3 is 2.03 bits per heavy atom. The highest BCUT2D eigenvalue weighted by molar-refractivity contribution is 6.10. The second-order valence-corrected chi connectivity index (χ2v) is 8.20. The molecular formula is C27H29NO8. The summed E-state index contributed by atoms with van der Waals surface area (Å²) >= 11 is 0. The first-order valence-electron chi connectivity index (χ1n) is 11.4. The Bertz CT molecular complexity index is 1160. The van der Waals surface area contributed by atoms with Crippen molar-refractivity contribution in [3.8, 4) is 23.0 Å². The number of piperidine rings is 1. The molecule has 0 saturated carbocycles. The molecular weight excluding hydrogens is 466 g/mol. The summed E-state index contributed by atoms with van der Waals surface area (Å²) in [6, 6.07) is 9.50. The van der Waals surface area contributed by atoms with Crippen LogP contribution in [0.25, 0.3) is 12.2 Å². The summed E-state index contributed by atoms with van der Waals surface area (Å²) in [5.41, 5.74) is 1.27. The molecule has 1 amide bonds. The predicted molar refractivity (Wildman–Crippen MR) is 133 cm³/mol. The summed E-state index contributed by atoms with van der Waals surface area (Å²) in [6.45, 7) is 0.838. The number of phenolic OH excluding ortho intramolecular Hbond substituents is 1. The molecule has 0 radical (unpaired) electrons. The average molecular weight is 496 g/mol. The second-order valence-electron chi connectivity index (χ2n) is 8.20. The number of ether oxygens (including phenoxy) is 3. The zero-order valence-corrected chi connectivity index (χ0v) is 20.2. The summed E-state index contributed by atoms with van der Waals surface area (Å²) in [5, 5.41) is 19.2. The quantitative estimate of drug-likeness (QED) is 0.400. The van der Waals surface area contributed by atoms with Crippen LogP contribution in [0.15, 0.2) is 48.6 Å². The van der Waals surface area contributed by atoms with Gasteiger partial charge in [0.2, 0.25) is 0 Å². The molecule has 1 aliphatic heterocycles. The maximum absolute atomic E-state index is 12.4. The number of hydrogen-bond donors (Lipinski definition) is 2. The second kappa shape index (κ2) is 12.6. The van der Waals surface area contributed by atoms with Crippen LogP contribution in [-0.2, 0) is 9.59 Å². The largest absolute Gasteiger partial charge is 0.504 e. The maximum atomic E-state index is 12.4. The van der Waals surface area contributed by atoms with Crippen LogP contribution in [0, 0.1) is 0 Å². The number of aromatic hydroxyl groups is 1. The van der Waals surface area contributed by atoms with Gasteiger partial charge in [0.1, 0.15) is 0 Å². The van der Waals surface area contributed by atoms with Crippen LogP contribution < -0.4 is 14.2 Å². The molecule has 2 aromatic carbocycles. The van der Waals surface area contributed by atoms with Gasteiger partial charge < -0.3 is 29.3 Å². The molecule has 1 aliphatic rings. The molecule has 190 valence electrons. The molecule has 1 saturated heterocycles. The van der Waals surface area contributed by atoms with E-state index in [0.29, 0.717) is 42.8 Å². The lowest BCUT2D eigenvalue weighted by Crippen LogP contribution is -2.41. The van der Waals surface area contributed by atoms with E-state index in [1.165, 1.54) is 43.4 Å². The lowest BCUT2D eigenvalue weighted by Gasteiger charge is -2.28. The van der Waals surface area contributed by atoms with Crippen LogP contribution in [-0.4, -0.2) is 66.2 Å². The summed E-state index contributed by atoms with van der Waals surface area (Å²) in [7, 11) is 2.87. The number of carbonyl (C=O) groups excluding carboxylic acids is 3. The number of carbonyl (C=O) groups is 3. The van der Waals surface area contributed by atoms with Crippen LogP contribution in [0.2, 0.25) is 0 Å². The molecule has 9 heteroatoms. The minimum absolute atomic E-state index is 0.00754. The van der Waals surface area contributed by atoms with Gasteiger partial charge in [-0.25, -0.2) is 4.79 Å². The number of allylic oxidation sites excluding steroid dienone is 2. The monoisotopic (exact) mass is 495 g/mol. The smallest absolute Gasteiger partial charge is 0.415 e. The van der Waals surface area contributed by atoms with Crippen molar-refractivity contribution in [2.75, 3.05) is 27.3 Å². The van der Waals surface area contributed by atoms with Gasteiger partial charge in [0.25, 0.3) is 0 Å². The van der Waals surface area contributed by atoms with Crippen LogP contribution in [0.4, 0.5) is 4.79 Å². The SMILES string of the molecule is COc1cc(C=CC(=O)CC(=O)C=Cc2ccc(OC(=O)N3CCC(O)CC3)c(OC)c2)ccc1O. The van der Waals surface area contributed by atoms with Gasteiger partial charge in [0.05, 0.1) is 26.7 Å². The van der Waals surface area contributed by atoms with E-state index in [0.717, 1.165) is 0 Å². The Balaban J connectivity index is 1.56. The van der Waals surface area contributed by atoms with Crippen LogP contribution in [0.5, 0.6) is 23.0 Å². The van der Waals surface area contributed by atoms with Crippen molar-refractivity contribution in [2.45, 2.75) is 25.4 Å². The first-order chi connectivity index (χ1) is 17.3. The van der Waals surface area contributed by atoms with Crippen molar-refractivity contribution in [1.29, 1.82) is 0 Å². The fourth-order valence-corrected chi connectivity index (χ4v) is 3.55. The van der Waals surface area contributed by atoms with Gasteiger partial charge in [-0.15, -0.1) is 0 Å². The normalized spacial score (nSPS) is 14.2. The molecule has 0 unspecified atom stereocenters. The number of benzene rings is 2. The Labute approximate surface area is 209 Å². The topological polar surface area (TPSA) is 123 Å². The molecule has 3 rings (SSSR count). The Morgan fingerprint density at radius 1 is 0.889 bits per heavy atom. The summed E-state index contributed by atoms with van der Waals surface area (Å²) < 4.78 is 15.8. The Morgan fingerprint density at radius 2 is 1.44 bits per heavy atom. The predicted octanol–water partition coefficient (Wildman–Crippen LogP) is 3.62. The molecule has 1 fully saturated rings. The zero-order valence-electron chi connectivity index (χ0n) is 20.2. The number of hydrogen-bond acceptors (Lipinski definition) is 8. The molecule has 9 nitrogen and oxygen atoms in total. The number of methoxy groups -OCH3 is 2. The molecule has 0 bridgehead atoms. The van der Waals surface area contributed by atoms with E-state index in [1.54, 1.807) is 36.4 Å². The number of rotatable bonds is 9. The molecule has 1 heterocycles. The summed E-state index contributed by atoms with van der Waals surface area (Å²) in [4.78, 5) is 38.3.